The number of benzene rings is 2. The first-order valence-corrected chi connectivity index (χ1v) is 7.90. The van der Waals surface area contributed by atoms with Gasteiger partial charge in [0, 0.05) is 11.3 Å². The molecule has 21 heavy (non-hydrogen) atoms. The van der Waals surface area contributed by atoms with Crippen LogP contribution in [0.1, 0.15) is 11.1 Å². The maximum Gasteiger partial charge on any atom is 0.287 e. The van der Waals surface area contributed by atoms with Crippen LogP contribution in [0, 0.1) is 6.92 Å². The van der Waals surface area contributed by atoms with Gasteiger partial charge < -0.3 is 5.73 Å². The van der Waals surface area contributed by atoms with Gasteiger partial charge in [-0.25, -0.2) is 17.2 Å². The summed E-state index contributed by atoms with van der Waals surface area (Å²) in [6.07, 6.45) is 0. The second-order valence-corrected chi connectivity index (χ2v) is 6.84. The van der Waals surface area contributed by atoms with Crippen molar-refractivity contribution < 1.29 is 17.2 Å². The number of nitrogen functional groups attached to an aromatic ring is 1. The van der Waals surface area contributed by atoms with Crippen molar-refractivity contribution >= 4 is 15.5 Å². The molecule has 0 spiro atoms. The van der Waals surface area contributed by atoms with E-state index in [0.717, 1.165) is 0 Å². The highest BCUT2D eigenvalue weighted by Crippen LogP contribution is 2.32. The molecule has 3 nitrogen and oxygen atoms in total. The molecule has 2 rings (SSSR count). The minimum absolute atomic E-state index is 0.148. The van der Waals surface area contributed by atoms with Crippen LogP contribution in [0.3, 0.4) is 0 Å². The van der Waals surface area contributed by atoms with Crippen LogP contribution in [0.15, 0.2) is 53.4 Å². The Morgan fingerprint density at radius 2 is 1.71 bits per heavy atom. The number of halogens is 2. The average molecular weight is 311 g/mol. The van der Waals surface area contributed by atoms with Crippen molar-refractivity contribution in [2.45, 2.75) is 17.7 Å². The molecule has 112 valence electrons. The quantitative estimate of drug-likeness (QED) is 0.882. The molecule has 2 aromatic rings. The van der Waals surface area contributed by atoms with Crippen LogP contribution in [0.5, 0.6) is 0 Å². The lowest BCUT2D eigenvalue weighted by molar-refractivity contribution is 0.0213. The largest absolute Gasteiger partial charge is 0.399 e. The molecule has 0 atom stereocenters. The topological polar surface area (TPSA) is 60.2 Å². The van der Waals surface area contributed by atoms with E-state index in [2.05, 4.69) is 0 Å². The number of sulfone groups is 1. The Kier molecular flexibility index (Phi) is 4.00. The number of aryl methyl sites for hydroxylation is 1. The fourth-order valence-electron chi connectivity index (χ4n) is 1.93. The maximum absolute atomic E-state index is 14.1. The summed E-state index contributed by atoms with van der Waals surface area (Å²) >= 11 is 0. The number of rotatable bonds is 4. The van der Waals surface area contributed by atoms with Gasteiger partial charge in [0.25, 0.3) is 5.92 Å². The summed E-state index contributed by atoms with van der Waals surface area (Å²) in [6.45, 7) is 1.63. The molecule has 2 aromatic carbocycles. The number of hydrogen-bond donors (Lipinski definition) is 1. The molecular weight excluding hydrogens is 296 g/mol. The number of hydrogen-bond acceptors (Lipinski definition) is 3. The second-order valence-electron chi connectivity index (χ2n) is 4.85. The van der Waals surface area contributed by atoms with E-state index >= 15 is 0 Å². The molecule has 0 aliphatic rings. The van der Waals surface area contributed by atoms with Crippen molar-refractivity contribution in [2.75, 3.05) is 11.5 Å². The molecule has 6 heteroatoms. The van der Waals surface area contributed by atoms with Gasteiger partial charge in [-0.1, -0.05) is 30.3 Å². The molecule has 0 radical (unpaired) electrons. The van der Waals surface area contributed by atoms with Gasteiger partial charge in [0.15, 0.2) is 9.84 Å². The summed E-state index contributed by atoms with van der Waals surface area (Å²) in [7, 11) is -4.11. The second kappa shape index (κ2) is 5.44. The Balaban J connectivity index is 2.35. The smallest absolute Gasteiger partial charge is 0.287 e. The Morgan fingerprint density at radius 1 is 1.10 bits per heavy atom. The van der Waals surface area contributed by atoms with E-state index in [0.29, 0.717) is 11.3 Å². The molecule has 2 N–H and O–H groups in total. The number of nitrogens with two attached hydrogens (primary N) is 1. The fraction of sp³-hybridized carbons (Fsp3) is 0.200. The molecule has 0 aromatic heterocycles. The zero-order valence-electron chi connectivity index (χ0n) is 11.4. The molecule has 0 saturated heterocycles. The Bertz CT molecular complexity index is 744. The third kappa shape index (κ3) is 3.39. The number of anilines is 1. The molecule has 0 aliphatic carbocycles. The van der Waals surface area contributed by atoms with Gasteiger partial charge >= 0.3 is 0 Å². The van der Waals surface area contributed by atoms with Crippen LogP contribution in [-0.4, -0.2) is 14.2 Å². The van der Waals surface area contributed by atoms with Crippen molar-refractivity contribution in [2.24, 2.45) is 0 Å². The van der Waals surface area contributed by atoms with Crippen LogP contribution < -0.4 is 5.73 Å². The van der Waals surface area contributed by atoms with E-state index in [1.165, 1.54) is 42.5 Å². The van der Waals surface area contributed by atoms with Crippen molar-refractivity contribution in [1.82, 2.24) is 0 Å². The number of alkyl halides is 2. The van der Waals surface area contributed by atoms with Crippen LogP contribution in [0.25, 0.3) is 0 Å². The molecule has 0 amide bonds. The third-order valence-electron chi connectivity index (χ3n) is 3.17. The summed E-state index contributed by atoms with van der Waals surface area (Å²) in [6, 6.07) is 10.9. The minimum Gasteiger partial charge on any atom is -0.399 e. The van der Waals surface area contributed by atoms with E-state index in [9.17, 15) is 17.2 Å². The standard InChI is InChI=1S/C15H15F2NO2S/c1-11-9-13(7-8-14(11)18)21(19,20)10-15(16,17)12-5-3-2-4-6-12/h2-9H,10,18H2,1H3. The summed E-state index contributed by atoms with van der Waals surface area (Å²) < 4.78 is 52.6. The normalized spacial score (nSPS) is 12.3. The lowest BCUT2D eigenvalue weighted by atomic mass is 10.1. The zero-order valence-corrected chi connectivity index (χ0v) is 12.2. The SMILES string of the molecule is Cc1cc(S(=O)(=O)CC(F)(F)c2ccccc2)ccc1N. The van der Waals surface area contributed by atoms with Crippen molar-refractivity contribution in [3.05, 3.63) is 59.7 Å². The van der Waals surface area contributed by atoms with Crippen LogP contribution >= 0.6 is 0 Å². The van der Waals surface area contributed by atoms with Crippen LogP contribution in [-0.2, 0) is 15.8 Å². The summed E-state index contributed by atoms with van der Waals surface area (Å²) in [5.74, 6) is -4.72. The fourth-order valence-corrected chi connectivity index (χ4v) is 3.37. The zero-order chi connectivity index (χ0) is 15.7. The minimum atomic E-state index is -4.11. The molecule has 0 fully saturated rings. The van der Waals surface area contributed by atoms with E-state index in [1.54, 1.807) is 13.0 Å². The monoisotopic (exact) mass is 311 g/mol. The highest BCUT2D eigenvalue weighted by molar-refractivity contribution is 7.91. The van der Waals surface area contributed by atoms with Gasteiger partial charge in [-0.15, -0.1) is 0 Å². The van der Waals surface area contributed by atoms with Gasteiger partial charge in [0.2, 0.25) is 0 Å². The van der Waals surface area contributed by atoms with Gasteiger partial charge in [0.1, 0.15) is 5.75 Å². The highest BCUT2D eigenvalue weighted by Gasteiger charge is 2.38. The van der Waals surface area contributed by atoms with Crippen LogP contribution in [0.2, 0.25) is 0 Å². The van der Waals surface area contributed by atoms with E-state index in [-0.39, 0.29) is 10.5 Å². The lowest BCUT2D eigenvalue weighted by Crippen LogP contribution is -2.25. The van der Waals surface area contributed by atoms with E-state index < -0.39 is 21.5 Å². The first-order valence-electron chi connectivity index (χ1n) is 6.25. The van der Waals surface area contributed by atoms with Crippen LogP contribution in [0.4, 0.5) is 14.5 Å². The lowest BCUT2D eigenvalue weighted by Gasteiger charge is -2.17. The summed E-state index contributed by atoms with van der Waals surface area (Å²) in [4.78, 5) is -0.148. The first kappa shape index (κ1) is 15.4. The van der Waals surface area contributed by atoms with Crippen molar-refractivity contribution in [3.8, 4) is 0 Å². The van der Waals surface area contributed by atoms with Gasteiger partial charge in [0.05, 0.1) is 4.90 Å². The molecule has 0 aliphatic heterocycles. The third-order valence-corrected chi connectivity index (χ3v) is 4.88. The van der Waals surface area contributed by atoms with E-state index in [4.69, 9.17) is 5.73 Å². The molecule has 0 bridgehead atoms. The highest BCUT2D eigenvalue weighted by atomic mass is 32.2. The molecule has 0 saturated carbocycles. The molecule has 0 unspecified atom stereocenters. The van der Waals surface area contributed by atoms with Crippen molar-refractivity contribution in [1.29, 1.82) is 0 Å². The van der Waals surface area contributed by atoms with Gasteiger partial charge in [-0.3, -0.25) is 0 Å². The predicted molar refractivity (Wildman–Crippen MR) is 78.0 cm³/mol. The molecular formula is C15H15F2NO2S. The Morgan fingerprint density at radius 3 is 2.29 bits per heavy atom. The Hall–Kier alpha value is -1.95. The predicted octanol–water partition coefficient (Wildman–Crippen LogP) is 3.14. The molecule has 0 heterocycles. The van der Waals surface area contributed by atoms with Gasteiger partial charge in [-0.05, 0) is 30.7 Å². The van der Waals surface area contributed by atoms with E-state index in [1.807, 2.05) is 0 Å². The average Bonchev–Trinajstić information content (AvgIpc) is 2.41. The first-order chi connectivity index (χ1) is 9.72. The summed E-state index contributed by atoms with van der Waals surface area (Å²) in [5, 5.41) is 0. The Labute approximate surface area is 122 Å². The van der Waals surface area contributed by atoms with Crippen molar-refractivity contribution in [3.63, 3.8) is 0 Å². The maximum atomic E-state index is 14.1. The van der Waals surface area contributed by atoms with Gasteiger partial charge in [-0.2, -0.15) is 0 Å². The summed E-state index contributed by atoms with van der Waals surface area (Å²) in [5.41, 5.74) is 6.25.